The Morgan fingerprint density at radius 2 is 1.50 bits per heavy atom. The van der Waals surface area contributed by atoms with Gasteiger partial charge in [-0.15, -0.1) is 0 Å². The van der Waals surface area contributed by atoms with E-state index in [2.05, 4.69) is 16.0 Å². The van der Waals surface area contributed by atoms with Crippen molar-refractivity contribution in [2.75, 3.05) is 29.6 Å². The number of carbonyl (C=O) groups is 2. The molecule has 6 heteroatoms. The first-order valence-corrected chi connectivity index (χ1v) is 8.78. The van der Waals surface area contributed by atoms with E-state index in [9.17, 15) is 9.59 Å². The van der Waals surface area contributed by atoms with Gasteiger partial charge in [-0.25, -0.2) is 0 Å². The van der Waals surface area contributed by atoms with E-state index in [-0.39, 0.29) is 18.4 Å². The number of hydrogen-bond acceptors (Lipinski definition) is 4. The Bertz CT molecular complexity index is 941. The molecular weight excluding hydrogens is 354 g/mol. The molecule has 0 saturated carbocycles. The lowest BCUT2D eigenvalue weighted by Crippen LogP contribution is -2.21. The van der Waals surface area contributed by atoms with Gasteiger partial charge in [-0.05, 0) is 54.6 Å². The highest BCUT2D eigenvalue weighted by atomic mass is 16.5. The summed E-state index contributed by atoms with van der Waals surface area (Å²) in [6.45, 7) is 0.0993. The molecule has 0 fully saturated rings. The smallest absolute Gasteiger partial charge is 0.255 e. The lowest BCUT2D eigenvalue weighted by Gasteiger charge is -2.10. The molecule has 0 unspecified atom stereocenters. The van der Waals surface area contributed by atoms with Crippen LogP contribution in [-0.4, -0.2) is 25.5 Å². The average molecular weight is 375 g/mol. The van der Waals surface area contributed by atoms with E-state index in [0.29, 0.717) is 16.9 Å². The minimum absolute atomic E-state index is 0.0993. The summed E-state index contributed by atoms with van der Waals surface area (Å²) >= 11 is 0. The van der Waals surface area contributed by atoms with Crippen LogP contribution in [0.25, 0.3) is 0 Å². The highest BCUT2D eigenvalue weighted by Crippen LogP contribution is 2.17. The molecule has 3 N–H and O–H groups in total. The minimum Gasteiger partial charge on any atom is -0.497 e. The molecule has 0 aliphatic rings. The van der Waals surface area contributed by atoms with E-state index in [1.807, 2.05) is 30.3 Å². The van der Waals surface area contributed by atoms with Crippen molar-refractivity contribution in [2.24, 2.45) is 0 Å². The predicted molar refractivity (Wildman–Crippen MR) is 111 cm³/mol. The first kappa shape index (κ1) is 19.0. The van der Waals surface area contributed by atoms with Crippen molar-refractivity contribution in [3.8, 4) is 5.75 Å². The summed E-state index contributed by atoms with van der Waals surface area (Å²) in [5.74, 6) is 0.365. The molecule has 2 amide bonds. The third kappa shape index (κ3) is 5.35. The van der Waals surface area contributed by atoms with E-state index >= 15 is 0 Å². The number of benzene rings is 3. The number of carbonyl (C=O) groups excluding carboxylic acids is 2. The highest BCUT2D eigenvalue weighted by Gasteiger charge is 2.06. The molecule has 0 aliphatic carbocycles. The first-order chi connectivity index (χ1) is 13.6. The van der Waals surface area contributed by atoms with Gasteiger partial charge < -0.3 is 20.7 Å². The van der Waals surface area contributed by atoms with Gasteiger partial charge in [-0.2, -0.15) is 0 Å². The second-order valence-corrected chi connectivity index (χ2v) is 6.03. The van der Waals surface area contributed by atoms with E-state index in [0.717, 1.165) is 11.4 Å². The first-order valence-electron chi connectivity index (χ1n) is 8.78. The normalized spacial score (nSPS) is 10.0. The number of rotatable bonds is 7. The zero-order valence-corrected chi connectivity index (χ0v) is 15.4. The SMILES string of the molecule is COc1ccc(NC(=O)CNc2cccc(NC(=O)c3ccccc3)c2)cc1. The number of nitrogens with one attached hydrogen (secondary N) is 3. The van der Waals surface area contributed by atoms with Crippen molar-refractivity contribution in [1.82, 2.24) is 0 Å². The maximum atomic E-state index is 12.2. The molecule has 0 aromatic heterocycles. The van der Waals surface area contributed by atoms with Crippen LogP contribution in [0.3, 0.4) is 0 Å². The maximum absolute atomic E-state index is 12.2. The fourth-order valence-electron chi connectivity index (χ4n) is 2.56. The largest absolute Gasteiger partial charge is 0.497 e. The van der Waals surface area contributed by atoms with Crippen LogP contribution in [0.4, 0.5) is 17.1 Å². The zero-order chi connectivity index (χ0) is 19.8. The van der Waals surface area contributed by atoms with Crippen LogP contribution in [-0.2, 0) is 4.79 Å². The number of anilines is 3. The van der Waals surface area contributed by atoms with Crippen LogP contribution in [0, 0.1) is 0 Å². The summed E-state index contributed by atoms with van der Waals surface area (Å²) in [5.41, 5.74) is 2.65. The summed E-state index contributed by atoms with van der Waals surface area (Å²) in [4.78, 5) is 24.3. The number of methoxy groups -OCH3 is 1. The summed E-state index contributed by atoms with van der Waals surface area (Å²) in [5, 5.41) is 8.70. The molecule has 142 valence electrons. The van der Waals surface area contributed by atoms with E-state index in [1.165, 1.54) is 0 Å². The quantitative estimate of drug-likeness (QED) is 0.583. The Morgan fingerprint density at radius 3 is 2.21 bits per heavy atom. The molecular formula is C22H21N3O3. The van der Waals surface area contributed by atoms with E-state index < -0.39 is 0 Å². The minimum atomic E-state index is -0.185. The van der Waals surface area contributed by atoms with Crippen molar-refractivity contribution in [1.29, 1.82) is 0 Å². The summed E-state index contributed by atoms with van der Waals surface area (Å²) in [6.07, 6.45) is 0. The Kier molecular flexibility index (Phi) is 6.25. The average Bonchev–Trinajstić information content (AvgIpc) is 2.74. The molecule has 0 heterocycles. The molecule has 3 aromatic carbocycles. The molecule has 3 aromatic rings. The standard InChI is InChI=1S/C22H21N3O3/c1-28-20-12-10-17(11-13-20)24-21(26)15-23-18-8-5-9-19(14-18)25-22(27)16-6-3-2-4-7-16/h2-14,23H,15H2,1H3,(H,24,26)(H,25,27). The molecule has 0 atom stereocenters. The van der Waals surface area contributed by atoms with Gasteiger partial charge in [0.25, 0.3) is 5.91 Å². The zero-order valence-electron chi connectivity index (χ0n) is 15.4. The fraction of sp³-hybridized carbons (Fsp3) is 0.0909. The van der Waals surface area contributed by atoms with Crippen molar-refractivity contribution < 1.29 is 14.3 Å². The molecule has 0 radical (unpaired) electrons. The highest BCUT2D eigenvalue weighted by molar-refractivity contribution is 6.04. The van der Waals surface area contributed by atoms with Gasteiger partial charge in [0.2, 0.25) is 5.91 Å². The van der Waals surface area contributed by atoms with Gasteiger partial charge in [-0.1, -0.05) is 24.3 Å². The van der Waals surface area contributed by atoms with Gasteiger partial charge in [0.1, 0.15) is 5.75 Å². The number of ether oxygens (including phenoxy) is 1. The van der Waals surface area contributed by atoms with Crippen molar-refractivity contribution in [3.63, 3.8) is 0 Å². The third-order valence-electron chi connectivity index (χ3n) is 3.98. The second kappa shape index (κ2) is 9.23. The van der Waals surface area contributed by atoms with Crippen LogP contribution < -0.4 is 20.7 Å². The van der Waals surface area contributed by atoms with Gasteiger partial charge in [-0.3, -0.25) is 9.59 Å². The summed E-state index contributed by atoms with van der Waals surface area (Å²) in [7, 11) is 1.59. The molecule has 3 rings (SSSR count). The van der Waals surface area contributed by atoms with Crippen LogP contribution in [0.15, 0.2) is 78.9 Å². The fourth-order valence-corrected chi connectivity index (χ4v) is 2.56. The monoisotopic (exact) mass is 375 g/mol. The van der Waals surface area contributed by atoms with Crippen molar-refractivity contribution >= 4 is 28.9 Å². The molecule has 6 nitrogen and oxygen atoms in total. The van der Waals surface area contributed by atoms with Gasteiger partial charge >= 0.3 is 0 Å². The Labute approximate surface area is 163 Å². The topological polar surface area (TPSA) is 79.5 Å². The summed E-state index contributed by atoms with van der Waals surface area (Å²) < 4.78 is 5.09. The van der Waals surface area contributed by atoms with Gasteiger partial charge in [0, 0.05) is 22.6 Å². The predicted octanol–water partition coefficient (Wildman–Crippen LogP) is 4.00. The van der Waals surface area contributed by atoms with Crippen LogP contribution in [0.5, 0.6) is 5.75 Å². The number of hydrogen-bond donors (Lipinski definition) is 3. The maximum Gasteiger partial charge on any atom is 0.255 e. The lowest BCUT2D eigenvalue weighted by atomic mass is 10.2. The van der Waals surface area contributed by atoms with Crippen LogP contribution in [0.2, 0.25) is 0 Å². The Hall–Kier alpha value is -3.80. The van der Waals surface area contributed by atoms with Crippen LogP contribution >= 0.6 is 0 Å². The van der Waals surface area contributed by atoms with Crippen molar-refractivity contribution in [3.05, 3.63) is 84.4 Å². The molecule has 0 aliphatic heterocycles. The lowest BCUT2D eigenvalue weighted by molar-refractivity contribution is -0.114. The molecule has 28 heavy (non-hydrogen) atoms. The van der Waals surface area contributed by atoms with E-state index in [4.69, 9.17) is 4.74 Å². The van der Waals surface area contributed by atoms with Gasteiger partial charge in [0.15, 0.2) is 0 Å². The van der Waals surface area contributed by atoms with E-state index in [1.54, 1.807) is 55.6 Å². The Morgan fingerprint density at radius 1 is 0.786 bits per heavy atom. The Balaban J connectivity index is 1.53. The second-order valence-electron chi connectivity index (χ2n) is 6.03. The molecule has 0 bridgehead atoms. The third-order valence-corrected chi connectivity index (χ3v) is 3.98. The summed E-state index contributed by atoms with van der Waals surface area (Å²) in [6, 6.07) is 23.3. The van der Waals surface area contributed by atoms with Crippen LogP contribution in [0.1, 0.15) is 10.4 Å². The molecule has 0 saturated heterocycles. The van der Waals surface area contributed by atoms with Gasteiger partial charge in [0.05, 0.1) is 13.7 Å². The molecule has 0 spiro atoms. The van der Waals surface area contributed by atoms with Crippen molar-refractivity contribution in [2.45, 2.75) is 0 Å². The number of amides is 2.